The molecule has 1 heterocycles. The van der Waals surface area contributed by atoms with Crippen LogP contribution in [0.1, 0.15) is 21.6 Å². The zero-order chi connectivity index (χ0) is 21.1. The maximum Gasteiger partial charge on any atom is 0.270 e. The van der Waals surface area contributed by atoms with Gasteiger partial charge in [-0.1, -0.05) is 18.2 Å². The molecule has 0 saturated carbocycles. The van der Waals surface area contributed by atoms with E-state index in [-0.39, 0.29) is 5.69 Å². The molecule has 0 saturated heterocycles. The Balaban J connectivity index is 2.12. The van der Waals surface area contributed by atoms with Crippen LogP contribution in [0.15, 0.2) is 48.5 Å². The number of hydrogen-bond acceptors (Lipinski definition) is 5. The number of primary amides is 1. The zero-order valence-corrected chi connectivity index (χ0v) is 16.3. The van der Waals surface area contributed by atoms with E-state index in [0.29, 0.717) is 40.6 Å². The predicted octanol–water partition coefficient (Wildman–Crippen LogP) is 3.54. The topological polar surface area (TPSA) is 110 Å². The second-order valence-electron chi connectivity index (χ2n) is 6.48. The Morgan fingerprint density at radius 3 is 2.45 bits per heavy atom. The van der Waals surface area contributed by atoms with Crippen molar-refractivity contribution in [3.05, 3.63) is 75.5 Å². The minimum atomic E-state index is -0.555. The molecule has 1 aromatic heterocycles. The van der Waals surface area contributed by atoms with Crippen molar-refractivity contribution in [2.75, 3.05) is 14.2 Å². The summed E-state index contributed by atoms with van der Waals surface area (Å²) in [6.07, 6.45) is 0. The normalized spacial score (nSPS) is 10.6. The molecule has 0 spiro atoms. The Bertz CT molecular complexity index is 1090. The second-order valence-corrected chi connectivity index (χ2v) is 6.48. The van der Waals surface area contributed by atoms with Gasteiger partial charge in [0.05, 0.1) is 24.7 Å². The Hall–Kier alpha value is -3.81. The molecule has 0 aliphatic heterocycles. The van der Waals surface area contributed by atoms with Crippen molar-refractivity contribution in [2.45, 2.75) is 13.5 Å². The number of amides is 1. The van der Waals surface area contributed by atoms with E-state index in [2.05, 4.69) is 0 Å². The van der Waals surface area contributed by atoms with Crippen LogP contribution in [0, 0.1) is 17.0 Å². The van der Waals surface area contributed by atoms with Gasteiger partial charge >= 0.3 is 0 Å². The zero-order valence-electron chi connectivity index (χ0n) is 16.3. The summed E-state index contributed by atoms with van der Waals surface area (Å²) in [4.78, 5) is 22.6. The monoisotopic (exact) mass is 395 g/mol. The lowest BCUT2D eigenvalue weighted by molar-refractivity contribution is -0.384. The first-order valence-corrected chi connectivity index (χ1v) is 8.81. The first-order valence-electron chi connectivity index (χ1n) is 8.81. The number of carbonyl (C=O) groups excluding carboxylic acids is 1. The van der Waals surface area contributed by atoms with Gasteiger partial charge in [0, 0.05) is 35.6 Å². The Labute approximate surface area is 167 Å². The van der Waals surface area contributed by atoms with Crippen LogP contribution in [-0.4, -0.2) is 29.6 Å². The number of aromatic nitrogens is 1. The smallest absolute Gasteiger partial charge is 0.270 e. The molecule has 0 unspecified atom stereocenters. The number of rotatable bonds is 7. The van der Waals surface area contributed by atoms with Crippen molar-refractivity contribution in [2.24, 2.45) is 5.73 Å². The van der Waals surface area contributed by atoms with Gasteiger partial charge in [0.2, 0.25) is 0 Å². The number of nitro groups is 1. The van der Waals surface area contributed by atoms with Crippen LogP contribution in [0.5, 0.6) is 11.5 Å². The van der Waals surface area contributed by atoms with Gasteiger partial charge in [-0.3, -0.25) is 14.9 Å². The van der Waals surface area contributed by atoms with E-state index in [9.17, 15) is 14.9 Å². The van der Waals surface area contributed by atoms with Gasteiger partial charge in [-0.2, -0.15) is 0 Å². The van der Waals surface area contributed by atoms with Crippen LogP contribution >= 0.6 is 0 Å². The lowest BCUT2D eigenvalue weighted by Gasteiger charge is -2.14. The molecule has 0 fully saturated rings. The Morgan fingerprint density at radius 2 is 1.83 bits per heavy atom. The van der Waals surface area contributed by atoms with Crippen LogP contribution in [0.4, 0.5) is 5.69 Å². The summed E-state index contributed by atoms with van der Waals surface area (Å²) in [7, 11) is 3.12. The van der Waals surface area contributed by atoms with Crippen molar-refractivity contribution in [1.82, 2.24) is 4.57 Å². The average molecular weight is 395 g/mol. The highest BCUT2D eigenvalue weighted by atomic mass is 16.6. The highest BCUT2D eigenvalue weighted by Crippen LogP contribution is 2.32. The molecule has 0 aliphatic rings. The number of ether oxygens (including phenoxy) is 2. The second kappa shape index (κ2) is 8.05. The number of nitrogens with zero attached hydrogens (tertiary/aromatic N) is 2. The molecule has 0 atom stereocenters. The minimum Gasteiger partial charge on any atom is -0.493 e. The van der Waals surface area contributed by atoms with E-state index in [1.165, 1.54) is 12.1 Å². The van der Waals surface area contributed by atoms with Gasteiger partial charge in [-0.25, -0.2) is 0 Å². The van der Waals surface area contributed by atoms with Gasteiger partial charge in [0.15, 0.2) is 11.5 Å². The molecule has 150 valence electrons. The number of hydrogen-bond donors (Lipinski definition) is 1. The molecule has 0 radical (unpaired) electrons. The molecule has 29 heavy (non-hydrogen) atoms. The number of methoxy groups -OCH3 is 2. The summed E-state index contributed by atoms with van der Waals surface area (Å²) in [5, 5.41) is 11.2. The molecule has 8 nitrogen and oxygen atoms in total. The molecule has 3 rings (SSSR count). The molecule has 0 aliphatic carbocycles. The van der Waals surface area contributed by atoms with Gasteiger partial charge in [0.1, 0.15) is 0 Å². The van der Waals surface area contributed by atoms with Gasteiger partial charge in [0.25, 0.3) is 11.6 Å². The largest absolute Gasteiger partial charge is 0.493 e. The molecular formula is C21H21N3O5. The van der Waals surface area contributed by atoms with Crippen molar-refractivity contribution >= 4 is 11.6 Å². The molecule has 2 N–H and O–H groups in total. The Kier molecular flexibility index (Phi) is 5.54. The van der Waals surface area contributed by atoms with E-state index in [1.807, 2.05) is 16.7 Å². The highest BCUT2D eigenvalue weighted by Gasteiger charge is 2.19. The first kappa shape index (κ1) is 19.9. The molecule has 2 aromatic carbocycles. The van der Waals surface area contributed by atoms with Crippen LogP contribution in [0.3, 0.4) is 0 Å². The fourth-order valence-electron chi connectivity index (χ4n) is 3.28. The minimum absolute atomic E-state index is 0.0281. The third-order valence-electron chi connectivity index (χ3n) is 4.77. The quantitative estimate of drug-likeness (QED) is 0.486. The number of non-ortho nitro benzene ring substituents is 1. The van der Waals surface area contributed by atoms with E-state index >= 15 is 0 Å². The van der Waals surface area contributed by atoms with E-state index in [4.69, 9.17) is 15.2 Å². The van der Waals surface area contributed by atoms with E-state index in [0.717, 1.165) is 5.56 Å². The lowest BCUT2D eigenvalue weighted by Crippen LogP contribution is -2.12. The van der Waals surface area contributed by atoms with Crippen molar-refractivity contribution < 1.29 is 19.2 Å². The Morgan fingerprint density at radius 1 is 1.10 bits per heavy atom. The van der Waals surface area contributed by atoms with Crippen LogP contribution in [-0.2, 0) is 6.54 Å². The SMILES string of the molecule is COc1ccc(Cn2c(-c3cccc([N+](=O)[O-])c3)cc(C(N)=O)c2C)cc1OC. The maximum absolute atomic E-state index is 11.9. The first-order chi connectivity index (χ1) is 13.8. The average Bonchev–Trinajstić information content (AvgIpc) is 3.04. The standard InChI is InChI=1S/C21H21N3O5/c1-13-17(21(22)25)11-18(15-5-4-6-16(10-15)24(26)27)23(13)12-14-7-8-19(28-2)20(9-14)29-3/h4-11H,12H2,1-3H3,(H2,22,25). The summed E-state index contributed by atoms with van der Waals surface area (Å²) in [5.74, 6) is 0.638. The fourth-order valence-corrected chi connectivity index (χ4v) is 3.28. The van der Waals surface area contributed by atoms with Gasteiger partial charge in [-0.15, -0.1) is 0 Å². The lowest BCUT2D eigenvalue weighted by atomic mass is 10.1. The number of nitrogens with two attached hydrogens (primary N) is 1. The van der Waals surface area contributed by atoms with Crippen LogP contribution < -0.4 is 15.2 Å². The fraction of sp³-hybridized carbons (Fsp3) is 0.190. The van der Waals surface area contributed by atoms with E-state index < -0.39 is 10.8 Å². The summed E-state index contributed by atoms with van der Waals surface area (Å²) >= 11 is 0. The third kappa shape index (κ3) is 3.91. The number of nitro benzene ring substituents is 1. The van der Waals surface area contributed by atoms with Gasteiger partial charge < -0.3 is 19.8 Å². The number of benzene rings is 2. The van der Waals surface area contributed by atoms with E-state index in [1.54, 1.807) is 45.4 Å². The molecule has 1 amide bonds. The summed E-state index contributed by atoms with van der Waals surface area (Å²) in [5.41, 5.74) is 8.74. The number of carbonyl (C=O) groups is 1. The predicted molar refractivity (Wildman–Crippen MR) is 108 cm³/mol. The summed E-state index contributed by atoms with van der Waals surface area (Å²) in [6, 6.07) is 13.5. The maximum atomic E-state index is 11.9. The summed E-state index contributed by atoms with van der Waals surface area (Å²) < 4.78 is 12.5. The highest BCUT2D eigenvalue weighted by molar-refractivity contribution is 5.95. The van der Waals surface area contributed by atoms with Crippen molar-refractivity contribution in [3.8, 4) is 22.8 Å². The molecule has 8 heteroatoms. The summed E-state index contributed by atoms with van der Waals surface area (Å²) in [6.45, 7) is 2.21. The molecule has 0 bridgehead atoms. The third-order valence-corrected chi connectivity index (χ3v) is 4.77. The van der Waals surface area contributed by atoms with Crippen molar-refractivity contribution in [3.63, 3.8) is 0 Å². The van der Waals surface area contributed by atoms with Gasteiger partial charge in [-0.05, 0) is 30.7 Å². The molecular weight excluding hydrogens is 374 g/mol. The van der Waals surface area contributed by atoms with Crippen molar-refractivity contribution in [1.29, 1.82) is 0 Å². The van der Waals surface area contributed by atoms with Crippen LogP contribution in [0.25, 0.3) is 11.3 Å². The molecule has 3 aromatic rings. The van der Waals surface area contributed by atoms with Crippen LogP contribution in [0.2, 0.25) is 0 Å².